The maximum atomic E-state index is 3.47. The highest BCUT2D eigenvalue weighted by molar-refractivity contribution is 4.91. The van der Waals surface area contributed by atoms with Gasteiger partial charge >= 0.3 is 0 Å². The van der Waals surface area contributed by atoms with Crippen molar-refractivity contribution in [2.75, 3.05) is 26.2 Å². The standard InChI is InChI=1S/C15H32N2/c1-6-15(7-2)9-10-17(12-15)14(5)13(4)11-16-8-3/h13-14,16H,6-12H2,1-5H3. The Kier molecular flexibility index (Phi) is 5.94. The van der Waals surface area contributed by atoms with E-state index in [9.17, 15) is 0 Å². The van der Waals surface area contributed by atoms with E-state index in [1.165, 1.54) is 32.4 Å². The summed E-state index contributed by atoms with van der Waals surface area (Å²) in [5.41, 5.74) is 0.617. The van der Waals surface area contributed by atoms with E-state index in [-0.39, 0.29) is 0 Å². The predicted molar refractivity (Wildman–Crippen MR) is 76.4 cm³/mol. The molecule has 1 rings (SSSR count). The van der Waals surface area contributed by atoms with Crippen molar-refractivity contribution in [3.63, 3.8) is 0 Å². The van der Waals surface area contributed by atoms with E-state index in [2.05, 4.69) is 44.8 Å². The first-order valence-corrected chi connectivity index (χ1v) is 7.53. The van der Waals surface area contributed by atoms with E-state index in [0.29, 0.717) is 11.5 Å². The van der Waals surface area contributed by atoms with Crippen LogP contribution in [0.1, 0.15) is 53.9 Å². The molecule has 0 spiro atoms. The van der Waals surface area contributed by atoms with Gasteiger partial charge in [-0.3, -0.25) is 4.90 Å². The summed E-state index contributed by atoms with van der Waals surface area (Å²) in [5, 5.41) is 3.47. The van der Waals surface area contributed by atoms with E-state index >= 15 is 0 Å². The van der Waals surface area contributed by atoms with Gasteiger partial charge in [0.1, 0.15) is 0 Å². The molecule has 0 aromatic carbocycles. The van der Waals surface area contributed by atoms with Crippen molar-refractivity contribution in [1.29, 1.82) is 0 Å². The summed E-state index contributed by atoms with van der Waals surface area (Å²) < 4.78 is 0. The lowest BCUT2D eigenvalue weighted by molar-refractivity contribution is 0.164. The molecule has 0 saturated carbocycles. The van der Waals surface area contributed by atoms with Gasteiger partial charge in [0.15, 0.2) is 0 Å². The third kappa shape index (κ3) is 3.69. The van der Waals surface area contributed by atoms with Crippen LogP contribution in [0, 0.1) is 11.3 Å². The molecule has 0 aromatic heterocycles. The molecule has 1 saturated heterocycles. The number of likely N-dealkylation sites (tertiary alicyclic amines) is 1. The maximum Gasteiger partial charge on any atom is 0.0105 e. The summed E-state index contributed by atoms with van der Waals surface area (Å²) in [5.74, 6) is 0.750. The molecule has 102 valence electrons. The molecule has 0 aliphatic carbocycles. The summed E-state index contributed by atoms with van der Waals surface area (Å²) in [4.78, 5) is 2.72. The third-order valence-corrected chi connectivity index (χ3v) is 5.08. The minimum Gasteiger partial charge on any atom is -0.317 e. The molecule has 2 heteroatoms. The molecule has 17 heavy (non-hydrogen) atoms. The normalized spacial score (nSPS) is 23.8. The highest BCUT2D eigenvalue weighted by atomic mass is 15.2. The van der Waals surface area contributed by atoms with Gasteiger partial charge in [-0.25, -0.2) is 0 Å². The van der Waals surface area contributed by atoms with Crippen molar-refractivity contribution in [3.8, 4) is 0 Å². The molecule has 0 aromatic rings. The Labute approximate surface area is 108 Å². The average Bonchev–Trinajstić information content (AvgIpc) is 2.80. The van der Waals surface area contributed by atoms with Crippen LogP contribution >= 0.6 is 0 Å². The molecule has 0 radical (unpaired) electrons. The molecular weight excluding hydrogens is 208 g/mol. The van der Waals surface area contributed by atoms with Gasteiger partial charge in [0.2, 0.25) is 0 Å². The Hall–Kier alpha value is -0.0800. The minimum atomic E-state index is 0.617. The molecule has 1 aliphatic heterocycles. The first kappa shape index (κ1) is 15.0. The van der Waals surface area contributed by atoms with E-state index in [0.717, 1.165) is 19.0 Å². The second kappa shape index (κ2) is 6.75. The topological polar surface area (TPSA) is 15.3 Å². The molecule has 1 heterocycles. The minimum absolute atomic E-state index is 0.617. The second-order valence-electron chi connectivity index (χ2n) is 5.95. The van der Waals surface area contributed by atoms with Gasteiger partial charge in [0.25, 0.3) is 0 Å². The number of nitrogens with one attached hydrogen (secondary N) is 1. The number of hydrogen-bond acceptors (Lipinski definition) is 2. The van der Waals surface area contributed by atoms with Gasteiger partial charge in [-0.15, -0.1) is 0 Å². The summed E-state index contributed by atoms with van der Waals surface area (Å²) in [6, 6.07) is 0.717. The van der Waals surface area contributed by atoms with Gasteiger partial charge in [-0.05, 0) is 57.2 Å². The zero-order valence-corrected chi connectivity index (χ0v) is 12.6. The summed E-state index contributed by atoms with van der Waals surface area (Å²) in [7, 11) is 0. The van der Waals surface area contributed by atoms with Crippen LogP contribution in [-0.2, 0) is 0 Å². The SMILES string of the molecule is CCNCC(C)C(C)N1CCC(CC)(CC)C1. The number of hydrogen-bond donors (Lipinski definition) is 1. The average molecular weight is 240 g/mol. The Morgan fingerprint density at radius 2 is 1.82 bits per heavy atom. The zero-order chi connectivity index (χ0) is 12.9. The molecule has 0 amide bonds. The molecular formula is C15H32N2. The first-order chi connectivity index (χ1) is 8.08. The molecule has 0 bridgehead atoms. The zero-order valence-electron chi connectivity index (χ0n) is 12.6. The van der Waals surface area contributed by atoms with Gasteiger partial charge in [-0.2, -0.15) is 0 Å². The Bertz CT molecular complexity index is 211. The van der Waals surface area contributed by atoms with E-state index in [1.807, 2.05) is 0 Å². The predicted octanol–water partition coefficient (Wildman–Crippen LogP) is 3.13. The number of rotatable bonds is 7. The lowest BCUT2D eigenvalue weighted by Crippen LogP contribution is -2.41. The monoisotopic (exact) mass is 240 g/mol. The molecule has 2 nitrogen and oxygen atoms in total. The molecule has 2 atom stereocenters. The first-order valence-electron chi connectivity index (χ1n) is 7.53. The van der Waals surface area contributed by atoms with Gasteiger partial charge in [0, 0.05) is 12.6 Å². The summed E-state index contributed by atoms with van der Waals surface area (Å²) in [6.07, 6.45) is 4.08. The van der Waals surface area contributed by atoms with Crippen LogP contribution in [0.3, 0.4) is 0 Å². The van der Waals surface area contributed by atoms with Crippen molar-refractivity contribution in [1.82, 2.24) is 10.2 Å². The van der Waals surface area contributed by atoms with Gasteiger partial charge in [-0.1, -0.05) is 27.7 Å². The van der Waals surface area contributed by atoms with Crippen LogP contribution in [0.5, 0.6) is 0 Å². The fourth-order valence-electron chi connectivity index (χ4n) is 3.05. The Morgan fingerprint density at radius 1 is 1.18 bits per heavy atom. The largest absolute Gasteiger partial charge is 0.317 e. The van der Waals surface area contributed by atoms with Gasteiger partial charge in [0.05, 0.1) is 0 Å². The Morgan fingerprint density at radius 3 is 2.29 bits per heavy atom. The van der Waals surface area contributed by atoms with Crippen LogP contribution in [0.25, 0.3) is 0 Å². The highest BCUT2D eigenvalue weighted by Crippen LogP contribution is 2.38. The lowest BCUT2D eigenvalue weighted by atomic mass is 9.82. The fourth-order valence-corrected chi connectivity index (χ4v) is 3.05. The smallest absolute Gasteiger partial charge is 0.0105 e. The van der Waals surface area contributed by atoms with Crippen molar-refractivity contribution >= 4 is 0 Å². The Balaban J connectivity index is 2.46. The molecule has 1 N–H and O–H groups in total. The van der Waals surface area contributed by atoms with Gasteiger partial charge < -0.3 is 5.32 Å². The maximum absolute atomic E-state index is 3.47. The fraction of sp³-hybridized carbons (Fsp3) is 1.00. The van der Waals surface area contributed by atoms with E-state index < -0.39 is 0 Å². The number of nitrogens with zero attached hydrogens (tertiary/aromatic N) is 1. The van der Waals surface area contributed by atoms with Crippen molar-refractivity contribution in [2.45, 2.75) is 59.9 Å². The third-order valence-electron chi connectivity index (χ3n) is 5.08. The molecule has 1 aliphatic rings. The van der Waals surface area contributed by atoms with Crippen molar-refractivity contribution < 1.29 is 0 Å². The van der Waals surface area contributed by atoms with E-state index in [1.54, 1.807) is 0 Å². The quantitative estimate of drug-likeness (QED) is 0.735. The van der Waals surface area contributed by atoms with Crippen LogP contribution in [-0.4, -0.2) is 37.1 Å². The van der Waals surface area contributed by atoms with Crippen LogP contribution in [0.4, 0.5) is 0 Å². The van der Waals surface area contributed by atoms with Crippen molar-refractivity contribution in [3.05, 3.63) is 0 Å². The summed E-state index contributed by atoms with van der Waals surface area (Å²) in [6.45, 7) is 16.6. The second-order valence-corrected chi connectivity index (χ2v) is 5.95. The molecule has 1 fully saturated rings. The van der Waals surface area contributed by atoms with Crippen molar-refractivity contribution in [2.24, 2.45) is 11.3 Å². The van der Waals surface area contributed by atoms with Crippen LogP contribution < -0.4 is 5.32 Å². The van der Waals surface area contributed by atoms with Crippen LogP contribution in [0.15, 0.2) is 0 Å². The van der Waals surface area contributed by atoms with Crippen LogP contribution in [0.2, 0.25) is 0 Å². The highest BCUT2D eigenvalue weighted by Gasteiger charge is 2.37. The lowest BCUT2D eigenvalue weighted by Gasteiger charge is -2.32. The molecule has 2 unspecified atom stereocenters. The van der Waals surface area contributed by atoms with E-state index in [4.69, 9.17) is 0 Å². The summed E-state index contributed by atoms with van der Waals surface area (Å²) >= 11 is 0.